The number of benzene rings is 2. The summed E-state index contributed by atoms with van der Waals surface area (Å²) in [6.07, 6.45) is 0. The Kier molecular flexibility index (Phi) is 4.65. The van der Waals surface area contributed by atoms with E-state index in [1.165, 1.54) is 27.8 Å². The fourth-order valence-corrected chi connectivity index (χ4v) is 2.81. The highest BCUT2D eigenvalue weighted by Gasteiger charge is 2.06. The molecule has 100 valence electrons. The predicted octanol–water partition coefficient (Wildman–Crippen LogP) is 5.09. The van der Waals surface area contributed by atoms with Gasteiger partial charge >= 0.3 is 0 Å². The second-order valence-electron chi connectivity index (χ2n) is 4.91. The van der Waals surface area contributed by atoms with E-state index >= 15 is 0 Å². The second-order valence-corrected chi connectivity index (χ2v) is 5.47. The highest BCUT2D eigenvalue weighted by Crippen LogP contribution is 2.23. The summed E-state index contributed by atoms with van der Waals surface area (Å²) >= 11 is 3.49. The van der Waals surface area contributed by atoms with Gasteiger partial charge in [-0.15, -0.1) is 0 Å². The van der Waals surface area contributed by atoms with Crippen LogP contribution >= 0.6 is 15.9 Å². The Morgan fingerprint density at radius 2 is 1.63 bits per heavy atom. The van der Waals surface area contributed by atoms with Crippen molar-refractivity contribution in [3.63, 3.8) is 0 Å². The lowest BCUT2D eigenvalue weighted by molar-refractivity contribution is 0.302. The molecule has 0 aliphatic rings. The van der Waals surface area contributed by atoms with Crippen molar-refractivity contribution in [2.75, 3.05) is 0 Å². The topological polar surface area (TPSA) is 9.23 Å². The number of ether oxygens (including phenoxy) is 1. The van der Waals surface area contributed by atoms with E-state index in [0.717, 1.165) is 11.1 Å². The van der Waals surface area contributed by atoms with Crippen molar-refractivity contribution in [3.05, 3.63) is 64.2 Å². The number of rotatable bonds is 4. The van der Waals surface area contributed by atoms with Gasteiger partial charge in [0.2, 0.25) is 0 Å². The molecule has 1 nitrogen and oxygen atoms in total. The number of hydrogen-bond acceptors (Lipinski definition) is 1. The third kappa shape index (κ3) is 3.38. The first-order valence-corrected chi connectivity index (χ1v) is 7.57. The van der Waals surface area contributed by atoms with Crippen LogP contribution in [0.25, 0.3) is 0 Å². The molecule has 0 N–H and O–H groups in total. The molecule has 19 heavy (non-hydrogen) atoms. The molecule has 0 unspecified atom stereocenters. The van der Waals surface area contributed by atoms with Crippen LogP contribution in [0, 0.1) is 20.8 Å². The molecular formula is C17H19BrO. The molecular weight excluding hydrogens is 300 g/mol. The average Bonchev–Trinajstić information content (AvgIpc) is 2.38. The average molecular weight is 319 g/mol. The van der Waals surface area contributed by atoms with Gasteiger partial charge in [-0.25, -0.2) is 0 Å². The van der Waals surface area contributed by atoms with Gasteiger partial charge in [-0.3, -0.25) is 0 Å². The summed E-state index contributed by atoms with van der Waals surface area (Å²) < 4.78 is 5.99. The van der Waals surface area contributed by atoms with Crippen LogP contribution < -0.4 is 4.74 Å². The fourth-order valence-electron chi connectivity index (χ4n) is 2.34. The molecule has 2 aromatic rings. The Balaban J connectivity index is 2.19. The summed E-state index contributed by atoms with van der Waals surface area (Å²) in [6, 6.07) is 12.6. The maximum Gasteiger partial charge on any atom is 0.123 e. The van der Waals surface area contributed by atoms with Crippen LogP contribution in [0.4, 0.5) is 0 Å². The van der Waals surface area contributed by atoms with Gasteiger partial charge in [0.15, 0.2) is 0 Å². The van der Waals surface area contributed by atoms with Gasteiger partial charge in [-0.1, -0.05) is 51.8 Å². The standard InChI is InChI=1S/C17H19BrO/c1-12-8-13(2)16(14(3)9-12)11-19-17-7-5-4-6-15(17)10-18/h4-9H,10-11H2,1-3H3. The molecule has 0 spiro atoms. The molecule has 0 saturated heterocycles. The van der Waals surface area contributed by atoms with Crippen LogP contribution in [0.15, 0.2) is 36.4 Å². The smallest absolute Gasteiger partial charge is 0.123 e. The van der Waals surface area contributed by atoms with Crippen LogP contribution in [-0.4, -0.2) is 0 Å². The lowest BCUT2D eigenvalue weighted by Crippen LogP contribution is -2.02. The predicted molar refractivity (Wildman–Crippen MR) is 84.1 cm³/mol. The third-order valence-corrected chi connectivity index (χ3v) is 3.93. The number of halogens is 1. The van der Waals surface area contributed by atoms with Crippen molar-refractivity contribution in [3.8, 4) is 5.75 Å². The molecule has 0 amide bonds. The number of hydrogen-bond donors (Lipinski definition) is 0. The van der Waals surface area contributed by atoms with E-state index in [4.69, 9.17) is 4.74 Å². The van der Waals surface area contributed by atoms with Gasteiger partial charge in [0.1, 0.15) is 12.4 Å². The maximum absolute atomic E-state index is 5.99. The zero-order valence-electron chi connectivity index (χ0n) is 11.7. The minimum Gasteiger partial charge on any atom is -0.489 e. The molecule has 0 atom stereocenters. The van der Waals surface area contributed by atoms with Crippen molar-refractivity contribution in [2.45, 2.75) is 32.7 Å². The number of para-hydroxylation sites is 1. The Bertz CT molecular complexity index is 552. The van der Waals surface area contributed by atoms with Crippen LogP contribution in [-0.2, 0) is 11.9 Å². The lowest BCUT2D eigenvalue weighted by atomic mass is 10.0. The minimum atomic E-state index is 0.627. The lowest BCUT2D eigenvalue weighted by Gasteiger charge is -2.14. The van der Waals surface area contributed by atoms with Crippen LogP contribution in [0.1, 0.15) is 27.8 Å². The molecule has 0 aliphatic carbocycles. The summed E-state index contributed by atoms with van der Waals surface area (Å²) in [4.78, 5) is 0. The van der Waals surface area contributed by atoms with Crippen molar-refractivity contribution in [1.29, 1.82) is 0 Å². The molecule has 0 aliphatic heterocycles. The Morgan fingerprint density at radius 1 is 1.00 bits per heavy atom. The van der Waals surface area contributed by atoms with Crippen molar-refractivity contribution in [1.82, 2.24) is 0 Å². The van der Waals surface area contributed by atoms with Crippen molar-refractivity contribution >= 4 is 15.9 Å². The van der Waals surface area contributed by atoms with E-state index in [9.17, 15) is 0 Å². The van der Waals surface area contributed by atoms with Gasteiger partial charge in [-0.05, 0) is 43.5 Å². The van der Waals surface area contributed by atoms with E-state index in [2.05, 4.69) is 54.9 Å². The number of alkyl halides is 1. The summed E-state index contributed by atoms with van der Waals surface area (Å²) in [6.45, 7) is 7.05. The quantitative estimate of drug-likeness (QED) is 0.714. The zero-order valence-corrected chi connectivity index (χ0v) is 13.3. The molecule has 0 fully saturated rings. The fraction of sp³-hybridized carbons (Fsp3) is 0.294. The third-order valence-electron chi connectivity index (χ3n) is 3.33. The SMILES string of the molecule is Cc1cc(C)c(COc2ccccc2CBr)c(C)c1. The summed E-state index contributed by atoms with van der Waals surface area (Å²) in [5.74, 6) is 0.957. The van der Waals surface area contributed by atoms with Gasteiger partial charge in [0.05, 0.1) is 0 Å². The minimum absolute atomic E-state index is 0.627. The second kappa shape index (κ2) is 6.25. The van der Waals surface area contributed by atoms with Gasteiger partial charge in [0, 0.05) is 10.9 Å². The summed E-state index contributed by atoms with van der Waals surface area (Å²) in [5.41, 5.74) is 6.38. The van der Waals surface area contributed by atoms with E-state index in [0.29, 0.717) is 6.61 Å². The molecule has 0 radical (unpaired) electrons. The first-order chi connectivity index (χ1) is 9.11. The molecule has 0 heterocycles. The van der Waals surface area contributed by atoms with Gasteiger partial charge in [-0.2, -0.15) is 0 Å². The van der Waals surface area contributed by atoms with E-state index in [-0.39, 0.29) is 0 Å². The Morgan fingerprint density at radius 3 is 2.26 bits per heavy atom. The normalized spacial score (nSPS) is 10.5. The van der Waals surface area contributed by atoms with E-state index < -0.39 is 0 Å². The number of aryl methyl sites for hydroxylation is 3. The van der Waals surface area contributed by atoms with Crippen LogP contribution in [0.2, 0.25) is 0 Å². The van der Waals surface area contributed by atoms with E-state index in [1.807, 2.05) is 18.2 Å². The molecule has 0 bridgehead atoms. The molecule has 0 aromatic heterocycles. The molecule has 2 aromatic carbocycles. The summed E-state index contributed by atoms with van der Waals surface area (Å²) in [7, 11) is 0. The molecule has 0 saturated carbocycles. The van der Waals surface area contributed by atoms with E-state index in [1.54, 1.807) is 0 Å². The molecule has 2 heteroatoms. The van der Waals surface area contributed by atoms with Gasteiger partial charge in [0.25, 0.3) is 0 Å². The highest BCUT2D eigenvalue weighted by molar-refractivity contribution is 9.08. The Hall–Kier alpha value is -1.28. The summed E-state index contributed by atoms with van der Waals surface area (Å²) in [5, 5.41) is 0.815. The molecule has 2 rings (SSSR count). The largest absolute Gasteiger partial charge is 0.489 e. The van der Waals surface area contributed by atoms with Crippen molar-refractivity contribution < 1.29 is 4.74 Å². The monoisotopic (exact) mass is 318 g/mol. The highest BCUT2D eigenvalue weighted by atomic mass is 79.9. The van der Waals surface area contributed by atoms with Crippen LogP contribution in [0.5, 0.6) is 5.75 Å². The van der Waals surface area contributed by atoms with Crippen LogP contribution in [0.3, 0.4) is 0 Å². The first-order valence-electron chi connectivity index (χ1n) is 6.45. The first kappa shape index (κ1) is 14.1. The Labute approximate surface area is 123 Å². The van der Waals surface area contributed by atoms with Crippen molar-refractivity contribution in [2.24, 2.45) is 0 Å². The zero-order chi connectivity index (χ0) is 13.8. The van der Waals surface area contributed by atoms with Gasteiger partial charge < -0.3 is 4.74 Å². The maximum atomic E-state index is 5.99.